The number of ketones is 1. The monoisotopic (exact) mass is 552 g/mol. The van der Waals surface area contributed by atoms with Gasteiger partial charge in [0.05, 0.1) is 4.90 Å². The molecule has 0 aliphatic rings. The number of benzene rings is 3. The molecular weight excluding hydrogens is 526 g/mol. The molecule has 1 atom stereocenters. The lowest BCUT2D eigenvalue weighted by Crippen LogP contribution is -2.33. The summed E-state index contributed by atoms with van der Waals surface area (Å²) < 4.78 is 53.8. The molecule has 202 valence electrons. The number of Topliss-reactive ketones (excluding diaryl/α,β-unsaturated/α-hetero) is 1. The molecule has 8 nitrogen and oxygen atoms in total. The first-order chi connectivity index (χ1) is 18.6. The molecule has 0 aliphatic carbocycles. The Morgan fingerprint density at radius 2 is 1.74 bits per heavy atom. The van der Waals surface area contributed by atoms with Crippen LogP contribution in [-0.4, -0.2) is 32.1 Å². The van der Waals surface area contributed by atoms with Gasteiger partial charge in [-0.1, -0.05) is 30.3 Å². The largest absolute Gasteiger partial charge is 0.383 e. The van der Waals surface area contributed by atoms with Crippen LogP contribution in [0.5, 0.6) is 0 Å². The minimum atomic E-state index is -3.78. The smallest absolute Gasteiger partial charge is 0.240 e. The maximum atomic E-state index is 13.9. The van der Waals surface area contributed by atoms with Crippen molar-refractivity contribution in [3.05, 3.63) is 101 Å². The highest BCUT2D eigenvalue weighted by Gasteiger charge is 2.24. The second kappa shape index (κ2) is 11.7. The molecule has 0 bridgehead atoms. The van der Waals surface area contributed by atoms with Gasteiger partial charge in [-0.25, -0.2) is 26.9 Å². The summed E-state index contributed by atoms with van der Waals surface area (Å²) >= 11 is 0. The number of rotatable bonds is 10. The number of hydrogen-bond acceptors (Lipinski definition) is 6. The number of nitrogens with one attached hydrogen (secondary N) is 2. The third kappa shape index (κ3) is 6.62. The van der Waals surface area contributed by atoms with E-state index in [1.165, 1.54) is 37.4 Å². The lowest BCUT2D eigenvalue weighted by atomic mass is 9.91. The number of carbonyl (C=O) groups is 2. The van der Waals surface area contributed by atoms with E-state index in [2.05, 4.69) is 15.0 Å². The van der Waals surface area contributed by atoms with Crippen molar-refractivity contribution in [3.63, 3.8) is 0 Å². The fourth-order valence-corrected chi connectivity index (χ4v) is 4.97. The highest BCUT2D eigenvalue weighted by Crippen LogP contribution is 2.22. The molecule has 1 aromatic heterocycles. The molecule has 0 fully saturated rings. The van der Waals surface area contributed by atoms with Gasteiger partial charge >= 0.3 is 0 Å². The van der Waals surface area contributed by atoms with Crippen LogP contribution in [0.25, 0.3) is 10.8 Å². The van der Waals surface area contributed by atoms with Gasteiger partial charge in [0.25, 0.3) is 0 Å². The number of nitrogens with zero attached hydrogens (tertiary/aromatic N) is 1. The number of nitrogens with two attached hydrogens (primary N) is 1. The van der Waals surface area contributed by atoms with Crippen LogP contribution in [0.3, 0.4) is 0 Å². The molecule has 0 aliphatic heterocycles. The van der Waals surface area contributed by atoms with Gasteiger partial charge in [-0.15, -0.1) is 0 Å². The minimum Gasteiger partial charge on any atom is -0.383 e. The maximum Gasteiger partial charge on any atom is 0.240 e. The Balaban J connectivity index is 1.55. The summed E-state index contributed by atoms with van der Waals surface area (Å²) in [6, 6.07) is 16.0. The molecule has 3 aromatic carbocycles. The predicted molar refractivity (Wildman–Crippen MR) is 143 cm³/mol. The molecule has 4 aromatic rings. The van der Waals surface area contributed by atoms with E-state index >= 15 is 0 Å². The van der Waals surface area contributed by atoms with Gasteiger partial charge in [-0.05, 0) is 66.4 Å². The van der Waals surface area contributed by atoms with Crippen molar-refractivity contribution in [1.82, 2.24) is 15.0 Å². The number of amides is 1. The second-order valence-electron chi connectivity index (χ2n) is 8.98. The summed E-state index contributed by atoms with van der Waals surface area (Å²) in [5.74, 6) is -3.58. The van der Waals surface area contributed by atoms with Crippen molar-refractivity contribution in [3.8, 4) is 0 Å². The molecule has 39 heavy (non-hydrogen) atoms. The first kappa shape index (κ1) is 27.8. The molecule has 4 N–H and O–H groups in total. The average Bonchev–Trinajstić information content (AvgIpc) is 2.93. The number of anilines is 1. The van der Waals surface area contributed by atoms with E-state index in [4.69, 9.17) is 5.73 Å². The summed E-state index contributed by atoms with van der Waals surface area (Å²) in [4.78, 5) is 30.4. The van der Waals surface area contributed by atoms with E-state index in [9.17, 15) is 26.8 Å². The van der Waals surface area contributed by atoms with Gasteiger partial charge in [0, 0.05) is 36.0 Å². The summed E-state index contributed by atoms with van der Waals surface area (Å²) in [6.07, 6.45) is 1.26. The van der Waals surface area contributed by atoms with Crippen LogP contribution in [0.15, 0.2) is 77.8 Å². The van der Waals surface area contributed by atoms with E-state index in [0.717, 1.165) is 28.5 Å². The Morgan fingerprint density at radius 1 is 0.974 bits per heavy atom. The zero-order valence-electron chi connectivity index (χ0n) is 20.9. The van der Waals surface area contributed by atoms with Crippen LogP contribution in [0.4, 0.5) is 14.6 Å². The minimum absolute atomic E-state index is 0.0385. The fourth-order valence-electron chi connectivity index (χ4n) is 4.20. The van der Waals surface area contributed by atoms with Crippen molar-refractivity contribution in [2.45, 2.75) is 24.3 Å². The molecular formula is C28H26F2N4O4S. The predicted octanol–water partition coefficient (Wildman–Crippen LogP) is 3.75. The molecule has 4 rings (SSSR count). The molecule has 0 radical (unpaired) electrons. The summed E-state index contributed by atoms with van der Waals surface area (Å²) in [5, 5.41) is 4.44. The average molecular weight is 553 g/mol. The molecule has 0 saturated carbocycles. The standard InChI is InChI=1S/C28H26F2N4O4S/c1-32-39(37,38)22-4-2-3-20(14-22)26(35)15-21(11-17-6-8-24(29)25(30)13-17)28(36)34-16-18-5-7-23-19(12-18)9-10-33-27(23)31/h2-10,12-14,21,32H,11,15-16H2,1H3,(H2,31,33)(H,34,36)/t21-/m1/s1. The highest BCUT2D eigenvalue weighted by atomic mass is 32.2. The van der Waals surface area contributed by atoms with Crippen LogP contribution >= 0.6 is 0 Å². The Hall–Kier alpha value is -4.22. The van der Waals surface area contributed by atoms with E-state index in [0.29, 0.717) is 11.4 Å². The van der Waals surface area contributed by atoms with Crippen molar-refractivity contribution >= 4 is 38.3 Å². The molecule has 0 spiro atoms. The highest BCUT2D eigenvalue weighted by molar-refractivity contribution is 7.89. The quantitative estimate of drug-likeness (QED) is 0.257. The van der Waals surface area contributed by atoms with Gasteiger partial charge in [-0.3, -0.25) is 9.59 Å². The number of fused-ring (bicyclic) bond motifs is 1. The number of sulfonamides is 1. The van der Waals surface area contributed by atoms with Crippen molar-refractivity contribution < 1.29 is 26.8 Å². The Bertz CT molecular complexity index is 1660. The zero-order chi connectivity index (χ0) is 28.2. The molecule has 0 unspecified atom stereocenters. The van der Waals surface area contributed by atoms with E-state index in [1.54, 1.807) is 24.4 Å². The first-order valence-corrected chi connectivity index (χ1v) is 13.5. The summed E-state index contributed by atoms with van der Waals surface area (Å²) in [5.41, 5.74) is 7.12. The van der Waals surface area contributed by atoms with Crippen LogP contribution in [0.2, 0.25) is 0 Å². The Morgan fingerprint density at radius 3 is 2.49 bits per heavy atom. The van der Waals surface area contributed by atoms with Gasteiger partial charge < -0.3 is 11.1 Å². The fraction of sp³-hybridized carbons (Fsp3) is 0.179. The molecule has 1 heterocycles. The Kier molecular flexibility index (Phi) is 8.32. The number of aromatic nitrogens is 1. The summed E-state index contributed by atoms with van der Waals surface area (Å²) in [6.45, 7) is 0.148. The van der Waals surface area contributed by atoms with Gasteiger partial charge in [0.2, 0.25) is 15.9 Å². The van der Waals surface area contributed by atoms with Crippen molar-refractivity contribution in [2.75, 3.05) is 12.8 Å². The number of pyridine rings is 1. The lowest BCUT2D eigenvalue weighted by Gasteiger charge is -2.17. The first-order valence-electron chi connectivity index (χ1n) is 12.0. The van der Waals surface area contributed by atoms with Crippen molar-refractivity contribution in [1.29, 1.82) is 0 Å². The van der Waals surface area contributed by atoms with Crippen LogP contribution in [0.1, 0.15) is 27.9 Å². The molecule has 11 heteroatoms. The maximum absolute atomic E-state index is 13.9. The van der Waals surface area contributed by atoms with E-state index in [1.807, 2.05) is 6.07 Å². The van der Waals surface area contributed by atoms with Crippen LogP contribution < -0.4 is 15.8 Å². The number of halogens is 2. The van der Waals surface area contributed by atoms with Crippen molar-refractivity contribution in [2.24, 2.45) is 5.92 Å². The topological polar surface area (TPSA) is 131 Å². The third-order valence-corrected chi connectivity index (χ3v) is 7.74. The van der Waals surface area contributed by atoms with Gasteiger partial charge in [-0.2, -0.15) is 0 Å². The number of nitrogen functional groups attached to an aromatic ring is 1. The lowest BCUT2D eigenvalue weighted by molar-refractivity contribution is -0.125. The van der Waals surface area contributed by atoms with Gasteiger partial charge in [0.15, 0.2) is 17.4 Å². The van der Waals surface area contributed by atoms with Gasteiger partial charge in [0.1, 0.15) is 5.82 Å². The second-order valence-corrected chi connectivity index (χ2v) is 10.9. The van der Waals surface area contributed by atoms with Crippen LogP contribution in [-0.2, 0) is 27.8 Å². The van der Waals surface area contributed by atoms with Crippen LogP contribution in [0, 0.1) is 17.6 Å². The zero-order valence-corrected chi connectivity index (χ0v) is 21.8. The van der Waals surface area contributed by atoms with E-state index < -0.39 is 39.3 Å². The molecule has 0 saturated heterocycles. The summed E-state index contributed by atoms with van der Waals surface area (Å²) in [7, 11) is -2.53. The molecule has 1 amide bonds. The number of carbonyl (C=O) groups excluding carboxylic acids is 2. The number of hydrogen-bond donors (Lipinski definition) is 3. The normalized spacial score (nSPS) is 12.3. The van der Waals surface area contributed by atoms with E-state index in [-0.39, 0.29) is 29.8 Å². The Labute approximate surface area is 224 Å². The SMILES string of the molecule is CNS(=O)(=O)c1cccc(C(=O)C[C@@H](Cc2ccc(F)c(F)c2)C(=O)NCc2ccc3c(N)nccc3c2)c1. The third-order valence-electron chi connectivity index (χ3n) is 6.33.